The molecule has 148 valence electrons. The molecular formula is C22H24N6O. The first kappa shape index (κ1) is 20.0. The molecule has 1 heterocycles. The van der Waals surface area contributed by atoms with Crippen LogP contribution in [0.2, 0.25) is 0 Å². The van der Waals surface area contributed by atoms with E-state index < -0.39 is 0 Å². The van der Waals surface area contributed by atoms with Gasteiger partial charge < -0.3 is 16.0 Å². The van der Waals surface area contributed by atoms with Gasteiger partial charge >= 0.3 is 0 Å². The highest BCUT2D eigenvalue weighted by Crippen LogP contribution is 2.21. The number of amides is 1. The van der Waals surface area contributed by atoms with Gasteiger partial charge in [0.05, 0.1) is 11.4 Å². The summed E-state index contributed by atoms with van der Waals surface area (Å²) in [4.78, 5) is 14.3. The maximum atomic E-state index is 12.3. The molecule has 0 saturated heterocycles. The second-order valence-corrected chi connectivity index (χ2v) is 6.87. The molecule has 0 fully saturated rings. The van der Waals surface area contributed by atoms with E-state index in [-0.39, 0.29) is 5.91 Å². The lowest BCUT2D eigenvalue weighted by Crippen LogP contribution is -2.24. The number of nitriles is 1. The standard InChI is InChI=1S/C22H24N6O/c1-27(2)17-12-10-16(11-13-17)22(29)25-14-6-9-20-19(15-23)21(24)28(26-20)18-7-4-3-5-8-18/h3-5,7-8,10-13H,6,9,14,24H2,1-2H3,(H,25,29). The molecule has 3 rings (SSSR count). The average molecular weight is 388 g/mol. The predicted molar refractivity (Wildman–Crippen MR) is 114 cm³/mol. The topological polar surface area (TPSA) is 100.0 Å². The molecule has 0 spiro atoms. The number of carbonyl (C=O) groups is 1. The van der Waals surface area contributed by atoms with E-state index in [9.17, 15) is 10.1 Å². The molecule has 29 heavy (non-hydrogen) atoms. The Morgan fingerprint density at radius 1 is 1.17 bits per heavy atom. The number of hydrogen-bond acceptors (Lipinski definition) is 5. The second-order valence-electron chi connectivity index (χ2n) is 6.87. The van der Waals surface area contributed by atoms with E-state index in [1.165, 1.54) is 0 Å². The molecule has 0 bridgehead atoms. The van der Waals surface area contributed by atoms with Gasteiger partial charge in [-0.15, -0.1) is 0 Å². The highest BCUT2D eigenvalue weighted by atomic mass is 16.1. The number of aryl methyl sites for hydroxylation is 1. The molecule has 0 aliphatic heterocycles. The Hall–Kier alpha value is -3.79. The van der Waals surface area contributed by atoms with Crippen LogP contribution in [0.3, 0.4) is 0 Å². The number of nitrogen functional groups attached to an aromatic ring is 1. The molecule has 7 nitrogen and oxygen atoms in total. The Morgan fingerprint density at radius 3 is 2.48 bits per heavy atom. The number of nitrogens with one attached hydrogen (secondary N) is 1. The minimum absolute atomic E-state index is 0.120. The van der Waals surface area contributed by atoms with Gasteiger partial charge in [0.1, 0.15) is 17.5 Å². The fourth-order valence-corrected chi connectivity index (χ4v) is 3.01. The number of benzene rings is 2. The molecule has 1 amide bonds. The third-order valence-electron chi connectivity index (χ3n) is 4.63. The van der Waals surface area contributed by atoms with Gasteiger partial charge in [-0.05, 0) is 49.2 Å². The summed E-state index contributed by atoms with van der Waals surface area (Å²) in [6, 6.07) is 19.0. The van der Waals surface area contributed by atoms with Crippen molar-refractivity contribution in [1.82, 2.24) is 15.1 Å². The number of anilines is 2. The highest BCUT2D eigenvalue weighted by Gasteiger charge is 2.16. The van der Waals surface area contributed by atoms with Crippen molar-refractivity contribution in [1.29, 1.82) is 5.26 Å². The molecule has 0 unspecified atom stereocenters. The van der Waals surface area contributed by atoms with Crippen molar-refractivity contribution in [3.8, 4) is 11.8 Å². The highest BCUT2D eigenvalue weighted by molar-refractivity contribution is 5.94. The van der Waals surface area contributed by atoms with Crippen molar-refractivity contribution in [2.45, 2.75) is 12.8 Å². The van der Waals surface area contributed by atoms with Gasteiger partial charge in [-0.1, -0.05) is 18.2 Å². The van der Waals surface area contributed by atoms with E-state index in [1.807, 2.05) is 61.5 Å². The van der Waals surface area contributed by atoms with Crippen molar-refractivity contribution in [2.24, 2.45) is 0 Å². The molecule has 3 aromatic rings. The van der Waals surface area contributed by atoms with Crippen molar-refractivity contribution in [3.05, 3.63) is 71.4 Å². The maximum Gasteiger partial charge on any atom is 0.251 e. The lowest BCUT2D eigenvalue weighted by Gasteiger charge is -2.12. The number of aromatic nitrogens is 2. The van der Waals surface area contributed by atoms with Crippen LogP contribution in [0.1, 0.15) is 28.0 Å². The van der Waals surface area contributed by atoms with E-state index in [4.69, 9.17) is 5.73 Å². The Kier molecular flexibility index (Phi) is 6.15. The summed E-state index contributed by atoms with van der Waals surface area (Å²) in [6.07, 6.45) is 1.20. The third kappa shape index (κ3) is 4.55. The minimum Gasteiger partial charge on any atom is -0.382 e. The summed E-state index contributed by atoms with van der Waals surface area (Å²) in [5.74, 6) is 0.212. The van der Waals surface area contributed by atoms with Crippen LogP contribution in [0, 0.1) is 11.3 Å². The summed E-state index contributed by atoms with van der Waals surface area (Å²) in [5.41, 5.74) is 9.60. The van der Waals surface area contributed by atoms with Gasteiger partial charge in [0.2, 0.25) is 0 Å². The summed E-state index contributed by atoms with van der Waals surface area (Å²) >= 11 is 0. The van der Waals surface area contributed by atoms with E-state index in [2.05, 4.69) is 16.5 Å². The first-order chi connectivity index (χ1) is 14.0. The molecule has 7 heteroatoms. The molecule has 0 radical (unpaired) electrons. The Bertz CT molecular complexity index is 1020. The van der Waals surface area contributed by atoms with Gasteiger partial charge in [-0.25, -0.2) is 4.68 Å². The van der Waals surface area contributed by atoms with Gasteiger partial charge in [0.15, 0.2) is 0 Å². The van der Waals surface area contributed by atoms with Crippen LogP contribution >= 0.6 is 0 Å². The number of carbonyl (C=O) groups excluding carboxylic acids is 1. The Morgan fingerprint density at radius 2 is 1.86 bits per heavy atom. The second kappa shape index (κ2) is 8.93. The van der Waals surface area contributed by atoms with E-state index >= 15 is 0 Å². The summed E-state index contributed by atoms with van der Waals surface area (Å²) in [6.45, 7) is 0.483. The third-order valence-corrected chi connectivity index (χ3v) is 4.63. The molecule has 0 aliphatic carbocycles. The van der Waals surface area contributed by atoms with Gasteiger partial charge in [-0.3, -0.25) is 4.79 Å². The lowest BCUT2D eigenvalue weighted by atomic mass is 10.1. The fraction of sp³-hybridized carbons (Fsp3) is 0.227. The number of rotatable bonds is 7. The van der Waals surface area contributed by atoms with Crippen LogP contribution in [0.15, 0.2) is 54.6 Å². The molecular weight excluding hydrogens is 364 g/mol. The minimum atomic E-state index is -0.120. The summed E-state index contributed by atoms with van der Waals surface area (Å²) in [7, 11) is 3.91. The zero-order valence-corrected chi connectivity index (χ0v) is 16.6. The summed E-state index contributed by atoms with van der Waals surface area (Å²) in [5, 5.41) is 16.9. The van der Waals surface area contributed by atoms with Crippen molar-refractivity contribution >= 4 is 17.4 Å². The van der Waals surface area contributed by atoms with Crippen molar-refractivity contribution in [2.75, 3.05) is 31.3 Å². The normalized spacial score (nSPS) is 10.4. The number of para-hydroxylation sites is 1. The van der Waals surface area contributed by atoms with Crippen LogP contribution < -0.4 is 16.0 Å². The van der Waals surface area contributed by atoms with Crippen LogP contribution in [-0.2, 0) is 6.42 Å². The summed E-state index contributed by atoms with van der Waals surface area (Å²) < 4.78 is 1.58. The van der Waals surface area contributed by atoms with Crippen LogP contribution in [-0.4, -0.2) is 36.3 Å². The molecule has 1 aromatic heterocycles. The molecule has 2 aromatic carbocycles. The largest absolute Gasteiger partial charge is 0.382 e. The molecule has 0 aliphatic rings. The van der Waals surface area contributed by atoms with Gasteiger partial charge in [-0.2, -0.15) is 10.4 Å². The first-order valence-electron chi connectivity index (χ1n) is 9.39. The van der Waals surface area contributed by atoms with E-state index in [0.717, 1.165) is 11.4 Å². The number of nitrogens with zero attached hydrogens (tertiary/aromatic N) is 4. The Balaban J connectivity index is 1.59. The Labute approximate surface area is 170 Å². The quantitative estimate of drug-likeness (QED) is 0.606. The fourth-order valence-electron chi connectivity index (χ4n) is 3.01. The maximum absolute atomic E-state index is 12.3. The van der Waals surface area contributed by atoms with Crippen LogP contribution in [0.5, 0.6) is 0 Å². The SMILES string of the molecule is CN(C)c1ccc(C(=O)NCCCc2nn(-c3ccccc3)c(N)c2C#N)cc1. The zero-order chi connectivity index (χ0) is 20.8. The van der Waals surface area contributed by atoms with Crippen LogP contribution in [0.4, 0.5) is 11.5 Å². The molecule has 0 atom stereocenters. The molecule has 3 N–H and O–H groups in total. The first-order valence-corrected chi connectivity index (χ1v) is 9.39. The van der Waals surface area contributed by atoms with Gasteiger partial charge in [0, 0.05) is 31.9 Å². The van der Waals surface area contributed by atoms with Gasteiger partial charge in [0.25, 0.3) is 5.91 Å². The zero-order valence-electron chi connectivity index (χ0n) is 16.6. The average Bonchev–Trinajstić information content (AvgIpc) is 3.07. The number of nitrogens with two attached hydrogens (primary N) is 1. The van der Waals surface area contributed by atoms with Crippen molar-refractivity contribution in [3.63, 3.8) is 0 Å². The smallest absolute Gasteiger partial charge is 0.251 e. The van der Waals surface area contributed by atoms with Crippen molar-refractivity contribution < 1.29 is 4.79 Å². The van der Waals surface area contributed by atoms with E-state index in [1.54, 1.807) is 16.8 Å². The van der Waals surface area contributed by atoms with Crippen LogP contribution in [0.25, 0.3) is 5.69 Å². The monoisotopic (exact) mass is 388 g/mol. The predicted octanol–water partition coefficient (Wildman–Crippen LogP) is 2.75. The van der Waals surface area contributed by atoms with E-state index in [0.29, 0.717) is 42.0 Å². The molecule has 0 saturated carbocycles. The lowest BCUT2D eigenvalue weighted by molar-refractivity contribution is 0.0953. The number of hydrogen-bond donors (Lipinski definition) is 2.